The SMILES string of the molecule is Nc1cc(Br)c(F)c(S(=O)(=O)N2CCN(C3CC3)CC2)c1. The van der Waals surface area contributed by atoms with Gasteiger partial charge in [0, 0.05) is 37.9 Å². The molecule has 3 rings (SSSR count). The number of hydrogen-bond donors (Lipinski definition) is 1. The van der Waals surface area contributed by atoms with Gasteiger partial charge >= 0.3 is 0 Å². The van der Waals surface area contributed by atoms with E-state index in [9.17, 15) is 12.8 Å². The molecular formula is C13H17BrFN3O2S. The summed E-state index contributed by atoms with van der Waals surface area (Å²) in [7, 11) is -3.84. The third-order valence-corrected chi connectivity index (χ3v) is 6.45. The number of benzene rings is 1. The number of nitrogens with two attached hydrogens (primary N) is 1. The number of halogens is 2. The van der Waals surface area contributed by atoms with Crippen LogP contribution in [0.3, 0.4) is 0 Å². The maximum Gasteiger partial charge on any atom is 0.246 e. The lowest BCUT2D eigenvalue weighted by Crippen LogP contribution is -2.49. The van der Waals surface area contributed by atoms with Gasteiger partial charge < -0.3 is 5.73 Å². The molecule has 0 bridgehead atoms. The van der Waals surface area contributed by atoms with Crippen molar-refractivity contribution in [3.05, 3.63) is 22.4 Å². The van der Waals surface area contributed by atoms with Gasteiger partial charge in [-0.2, -0.15) is 4.31 Å². The van der Waals surface area contributed by atoms with Gasteiger partial charge in [-0.05, 0) is 40.9 Å². The second kappa shape index (κ2) is 5.49. The Labute approximate surface area is 132 Å². The first-order valence-corrected chi connectivity index (χ1v) is 9.11. The van der Waals surface area contributed by atoms with Crippen LogP contribution in [0, 0.1) is 5.82 Å². The molecule has 2 aliphatic rings. The highest BCUT2D eigenvalue weighted by Crippen LogP contribution is 2.31. The highest BCUT2D eigenvalue weighted by atomic mass is 79.9. The van der Waals surface area contributed by atoms with Gasteiger partial charge in [-0.1, -0.05) is 0 Å². The zero-order valence-electron chi connectivity index (χ0n) is 11.4. The molecule has 1 saturated heterocycles. The van der Waals surface area contributed by atoms with Gasteiger partial charge in [0.25, 0.3) is 0 Å². The van der Waals surface area contributed by atoms with Crippen molar-refractivity contribution in [2.45, 2.75) is 23.8 Å². The van der Waals surface area contributed by atoms with Crippen molar-refractivity contribution in [2.75, 3.05) is 31.9 Å². The van der Waals surface area contributed by atoms with Gasteiger partial charge in [-0.15, -0.1) is 0 Å². The second-order valence-electron chi connectivity index (χ2n) is 5.49. The number of anilines is 1. The van der Waals surface area contributed by atoms with E-state index in [1.807, 2.05) is 0 Å². The Morgan fingerprint density at radius 2 is 1.81 bits per heavy atom. The molecule has 5 nitrogen and oxygen atoms in total. The minimum atomic E-state index is -3.84. The minimum Gasteiger partial charge on any atom is -0.399 e. The van der Waals surface area contributed by atoms with E-state index in [0.29, 0.717) is 32.2 Å². The Balaban J connectivity index is 1.84. The summed E-state index contributed by atoms with van der Waals surface area (Å²) < 4.78 is 40.7. The molecule has 0 radical (unpaired) electrons. The summed E-state index contributed by atoms with van der Waals surface area (Å²) >= 11 is 3.00. The van der Waals surface area contributed by atoms with Crippen LogP contribution < -0.4 is 5.73 Å². The third-order valence-electron chi connectivity index (χ3n) is 3.97. The summed E-state index contributed by atoms with van der Waals surface area (Å²) in [6.45, 7) is 2.19. The molecule has 0 atom stereocenters. The van der Waals surface area contributed by atoms with Crippen molar-refractivity contribution < 1.29 is 12.8 Å². The van der Waals surface area contributed by atoms with E-state index in [1.165, 1.54) is 29.3 Å². The predicted molar refractivity (Wildman–Crippen MR) is 81.9 cm³/mol. The smallest absolute Gasteiger partial charge is 0.246 e. The first kappa shape index (κ1) is 15.2. The van der Waals surface area contributed by atoms with Crippen LogP contribution in [0.5, 0.6) is 0 Å². The van der Waals surface area contributed by atoms with E-state index < -0.39 is 15.8 Å². The standard InChI is InChI=1S/C13H17BrFN3O2S/c14-11-7-9(16)8-12(13(11)15)21(19,20)18-5-3-17(4-6-18)10-1-2-10/h7-8,10H,1-6,16H2. The molecule has 8 heteroatoms. The molecule has 0 spiro atoms. The normalized spacial score (nSPS) is 21.6. The number of piperazine rings is 1. The first-order valence-electron chi connectivity index (χ1n) is 6.88. The Morgan fingerprint density at radius 3 is 2.38 bits per heavy atom. The maximum atomic E-state index is 14.1. The summed E-state index contributed by atoms with van der Waals surface area (Å²) in [5, 5.41) is 0. The maximum absolute atomic E-state index is 14.1. The minimum absolute atomic E-state index is 0.0673. The lowest BCUT2D eigenvalue weighted by Gasteiger charge is -2.34. The zero-order chi connectivity index (χ0) is 15.2. The quantitative estimate of drug-likeness (QED) is 0.813. The van der Waals surface area contributed by atoms with E-state index >= 15 is 0 Å². The number of sulfonamides is 1. The molecule has 0 unspecified atom stereocenters. The van der Waals surface area contributed by atoms with Crippen LogP contribution in [0.2, 0.25) is 0 Å². The van der Waals surface area contributed by atoms with E-state index in [-0.39, 0.29) is 15.1 Å². The van der Waals surface area contributed by atoms with Crippen molar-refractivity contribution in [3.63, 3.8) is 0 Å². The van der Waals surface area contributed by atoms with Crippen LogP contribution in [0.25, 0.3) is 0 Å². The Morgan fingerprint density at radius 1 is 1.19 bits per heavy atom. The van der Waals surface area contributed by atoms with Gasteiger partial charge in [-0.25, -0.2) is 12.8 Å². The van der Waals surface area contributed by atoms with Crippen LogP contribution in [0.4, 0.5) is 10.1 Å². The van der Waals surface area contributed by atoms with E-state index in [1.54, 1.807) is 0 Å². The van der Waals surface area contributed by atoms with Crippen molar-refractivity contribution in [1.82, 2.24) is 9.21 Å². The molecule has 1 aliphatic heterocycles. The van der Waals surface area contributed by atoms with Crippen LogP contribution >= 0.6 is 15.9 Å². The van der Waals surface area contributed by atoms with Crippen LogP contribution in [-0.4, -0.2) is 49.8 Å². The first-order chi connectivity index (χ1) is 9.89. The summed E-state index contributed by atoms with van der Waals surface area (Å²) in [4.78, 5) is 1.95. The molecule has 0 amide bonds. The highest BCUT2D eigenvalue weighted by molar-refractivity contribution is 9.10. The molecule has 2 N–H and O–H groups in total. The van der Waals surface area contributed by atoms with E-state index in [2.05, 4.69) is 20.8 Å². The Hall–Kier alpha value is -0.700. The van der Waals surface area contributed by atoms with E-state index in [0.717, 1.165) is 0 Å². The fraction of sp³-hybridized carbons (Fsp3) is 0.538. The van der Waals surface area contributed by atoms with Crippen molar-refractivity contribution in [2.24, 2.45) is 0 Å². The molecule has 2 fully saturated rings. The largest absolute Gasteiger partial charge is 0.399 e. The molecule has 21 heavy (non-hydrogen) atoms. The lowest BCUT2D eigenvalue weighted by molar-refractivity contribution is 0.180. The van der Waals surface area contributed by atoms with Crippen LogP contribution in [-0.2, 0) is 10.0 Å². The molecule has 1 aromatic rings. The predicted octanol–water partition coefficient (Wildman–Crippen LogP) is 1.64. The molecule has 116 valence electrons. The van der Waals surface area contributed by atoms with Gasteiger partial charge in [0.15, 0.2) is 5.82 Å². The van der Waals surface area contributed by atoms with Gasteiger partial charge in [0.05, 0.1) is 4.47 Å². The van der Waals surface area contributed by atoms with Crippen molar-refractivity contribution in [1.29, 1.82) is 0 Å². The molecule has 1 heterocycles. The van der Waals surface area contributed by atoms with Crippen molar-refractivity contribution >= 4 is 31.6 Å². The van der Waals surface area contributed by atoms with Gasteiger partial charge in [-0.3, -0.25) is 4.90 Å². The van der Waals surface area contributed by atoms with Gasteiger partial charge in [0.1, 0.15) is 4.90 Å². The molecule has 1 saturated carbocycles. The van der Waals surface area contributed by atoms with Crippen LogP contribution in [0.1, 0.15) is 12.8 Å². The Bertz CT molecular complexity index is 656. The zero-order valence-corrected chi connectivity index (χ0v) is 13.8. The lowest BCUT2D eigenvalue weighted by atomic mass is 10.3. The number of nitrogens with zero attached hydrogens (tertiary/aromatic N) is 2. The van der Waals surface area contributed by atoms with Crippen LogP contribution in [0.15, 0.2) is 21.5 Å². The average molecular weight is 378 g/mol. The number of hydrogen-bond acceptors (Lipinski definition) is 4. The molecule has 1 aliphatic carbocycles. The molecular weight excluding hydrogens is 361 g/mol. The number of nitrogen functional groups attached to an aromatic ring is 1. The summed E-state index contributed by atoms with van der Waals surface area (Å²) in [5.41, 5.74) is 5.86. The fourth-order valence-electron chi connectivity index (χ4n) is 2.66. The fourth-order valence-corrected chi connectivity index (χ4v) is 4.81. The van der Waals surface area contributed by atoms with Gasteiger partial charge in [0.2, 0.25) is 10.0 Å². The topological polar surface area (TPSA) is 66.6 Å². The highest BCUT2D eigenvalue weighted by Gasteiger charge is 2.36. The monoisotopic (exact) mass is 377 g/mol. The summed E-state index contributed by atoms with van der Waals surface area (Å²) in [6, 6.07) is 3.16. The van der Waals surface area contributed by atoms with E-state index in [4.69, 9.17) is 5.73 Å². The number of rotatable bonds is 3. The molecule has 1 aromatic carbocycles. The Kier molecular flexibility index (Phi) is 3.98. The average Bonchev–Trinajstić information content (AvgIpc) is 3.27. The second-order valence-corrected chi connectivity index (χ2v) is 8.25. The van der Waals surface area contributed by atoms with Crippen molar-refractivity contribution in [3.8, 4) is 0 Å². The molecule has 0 aromatic heterocycles. The summed E-state index contributed by atoms with van der Waals surface area (Å²) in [6.07, 6.45) is 2.40. The third kappa shape index (κ3) is 2.94. The summed E-state index contributed by atoms with van der Waals surface area (Å²) in [5.74, 6) is -0.783.